The molecule has 1 aromatic heterocycles. The van der Waals surface area contributed by atoms with Gasteiger partial charge in [0.15, 0.2) is 5.96 Å². The zero-order valence-corrected chi connectivity index (χ0v) is 22.1. The molecule has 1 aliphatic rings. The van der Waals surface area contributed by atoms with Gasteiger partial charge in [-0.3, -0.25) is 0 Å². The van der Waals surface area contributed by atoms with Crippen LogP contribution in [-0.4, -0.2) is 54.4 Å². The molecule has 1 aliphatic heterocycles. The number of hydrogen-bond acceptors (Lipinski definition) is 5. The molecule has 0 atom stereocenters. The number of aliphatic imine (C=N–C) groups is 1. The van der Waals surface area contributed by atoms with E-state index in [1.807, 2.05) is 47.7 Å². The summed E-state index contributed by atoms with van der Waals surface area (Å²) in [5.41, 5.74) is 0.0288. The number of guanidine groups is 1. The van der Waals surface area contributed by atoms with E-state index in [9.17, 15) is 4.79 Å². The van der Waals surface area contributed by atoms with Crippen LogP contribution in [0.2, 0.25) is 0 Å². The van der Waals surface area contributed by atoms with Crippen LogP contribution in [0.25, 0.3) is 0 Å². The van der Waals surface area contributed by atoms with Gasteiger partial charge in [-0.25, -0.2) is 14.8 Å². The van der Waals surface area contributed by atoms with Gasteiger partial charge < -0.3 is 25.6 Å². The van der Waals surface area contributed by atoms with Crippen molar-refractivity contribution in [3.63, 3.8) is 0 Å². The number of alkyl carbamates (subject to hydrolysis) is 1. The lowest BCUT2D eigenvalue weighted by Gasteiger charge is -2.29. The van der Waals surface area contributed by atoms with Crippen molar-refractivity contribution in [2.45, 2.75) is 72.1 Å². The zero-order chi connectivity index (χ0) is 22.2. The van der Waals surface area contributed by atoms with Gasteiger partial charge >= 0.3 is 6.09 Å². The molecule has 31 heavy (non-hydrogen) atoms. The quantitative estimate of drug-likeness (QED) is 0.275. The number of pyridine rings is 1. The van der Waals surface area contributed by atoms with Gasteiger partial charge in [0.2, 0.25) is 0 Å². The molecule has 2 heterocycles. The fourth-order valence-electron chi connectivity index (χ4n) is 3.08. The Morgan fingerprint density at radius 2 is 1.84 bits per heavy atom. The number of amides is 1. The van der Waals surface area contributed by atoms with Gasteiger partial charge in [0.1, 0.15) is 11.4 Å². The second-order valence-electron chi connectivity index (χ2n) is 9.28. The predicted octanol–water partition coefficient (Wildman–Crippen LogP) is 3.66. The van der Waals surface area contributed by atoms with Gasteiger partial charge in [-0.05, 0) is 66.0 Å². The van der Waals surface area contributed by atoms with Crippen LogP contribution in [0, 0.1) is 0 Å². The first kappa shape index (κ1) is 27.3. The van der Waals surface area contributed by atoms with Crippen molar-refractivity contribution in [2.75, 3.05) is 31.1 Å². The Kier molecular flexibility index (Phi) is 10.8. The highest BCUT2D eigenvalue weighted by atomic mass is 127. The first-order chi connectivity index (χ1) is 14.1. The molecule has 0 bridgehead atoms. The number of hydrogen-bond donors (Lipinski definition) is 3. The summed E-state index contributed by atoms with van der Waals surface area (Å²) in [6, 6.07) is 4.16. The van der Waals surface area contributed by atoms with E-state index in [1.54, 1.807) is 0 Å². The Labute approximate surface area is 204 Å². The normalized spacial score (nSPS) is 14.6. The average molecular weight is 546 g/mol. The lowest BCUT2D eigenvalue weighted by Crippen LogP contribution is -2.54. The predicted molar refractivity (Wildman–Crippen MR) is 137 cm³/mol. The average Bonchev–Trinajstić information content (AvgIpc) is 3.17. The summed E-state index contributed by atoms with van der Waals surface area (Å²) in [7, 11) is 0. The number of nitrogens with one attached hydrogen (secondary N) is 3. The lowest BCUT2D eigenvalue weighted by molar-refractivity contribution is 0.0474. The third-order valence-corrected chi connectivity index (χ3v) is 4.54. The van der Waals surface area contributed by atoms with Crippen LogP contribution in [0.1, 0.15) is 59.9 Å². The van der Waals surface area contributed by atoms with Crippen LogP contribution in [0.5, 0.6) is 0 Å². The van der Waals surface area contributed by atoms with E-state index in [4.69, 9.17) is 4.74 Å². The van der Waals surface area contributed by atoms with Crippen molar-refractivity contribution >= 4 is 41.8 Å². The largest absolute Gasteiger partial charge is 0.444 e. The minimum Gasteiger partial charge on any atom is -0.444 e. The summed E-state index contributed by atoms with van der Waals surface area (Å²) in [6.45, 7) is 15.4. The molecular formula is C22H39IN6O2. The van der Waals surface area contributed by atoms with Crippen LogP contribution in [0.4, 0.5) is 10.6 Å². The van der Waals surface area contributed by atoms with Crippen molar-refractivity contribution in [3.8, 4) is 0 Å². The number of nitrogens with zero attached hydrogens (tertiary/aromatic N) is 3. The molecule has 0 saturated carbocycles. The van der Waals surface area contributed by atoms with Gasteiger partial charge in [-0.15, -0.1) is 24.0 Å². The van der Waals surface area contributed by atoms with Gasteiger partial charge in [0.25, 0.3) is 0 Å². The summed E-state index contributed by atoms with van der Waals surface area (Å²) in [5.74, 6) is 1.74. The molecule has 1 aromatic rings. The van der Waals surface area contributed by atoms with Crippen molar-refractivity contribution in [2.24, 2.45) is 4.99 Å². The molecule has 2 rings (SSSR count). The first-order valence-electron chi connectivity index (χ1n) is 10.8. The lowest BCUT2D eigenvalue weighted by atomic mass is 10.1. The van der Waals surface area contributed by atoms with E-state index in [2.05, 4.69) is 43.0 Å². The Balaban J connectivity index is 0.00000480. The molecule has 8 nitrogen and oxygen atoms in total. The number of halogens is 1. The van der Waals surface area contributed by atoms with E-state index in [1.165, 1.54) is 12.8 Å². The third-order valence-electron chi connectivity index (χ3n) is 4.54. The standard InChI is InChI=1S/C22H38N6O2.HI/c1-7-23-19(26-16-22(5,6)27-20(29)30-21(2,3)4)25-15-17-10-11-18(24-14-17)28-12-8-9-13-28;/h10-11,14H,7-9,12-13,15-16H2,1-6H3,(H,27,29)(H2,23,25,26);1H. The topological polar surface area (TPSA) is 90.9 Å². The fourth-order valence-corrected chi connectivity index (χ4v) is 3.08. The van der Waals surface area contributed by atoms with Gasteiger partial charge in [-0.2, -0.15) is 0 Å². The highest BCUT2D eigenvalue weighted by molar-refractivity contribution is 14.0. The molecule has 1 amide bonds. The number of ether oxygens (including phenoxy) is 1. The minimum absolute atomic E-state index is 0. The van der Waals surface area contributed by atoms with E-state index >= 15 is 0 Å². The molecule has 0 spiro atoms. The highest BCUT2D eigenvalue weighted by Gasteiger charge is 2.24. The molecular weight excluding hydrogens is 507 g/mol. The second-order valence-corrected chi connectivity index (χ2v) is 9.28. The monoisotopic (exact) mass is 546 g/mol. The van der Waals surface area contributed by atoms with Crippen LogP contribution in [-0.2, 0) is 11.3 Å². The summed E-state index contributed by atoms with van der Waals surface area (Å²) in [6.07, 6.45) is 3.95. The fraction of sp³-hybridized carbons (Fsp3) is 0.682. The smallest absolute Gasteiger partial charge is 0.408 e. The molecule has 1 fully saturated rings. The van der Waals surface area contributed by atoms with Crippen molar-refractivity contribution in [1.82, 2.24) is 20.9 Å². The third kappa shape index (κ3) is 10.4. The van der Waals surface area contributed by atoms with Crippen LogP contribution in [0.15, 0.2) is 23.3 Å². The molecule has 9 heteroatoms. The Morgan fingerprint density at radius 1 is 1.16 bits per heavy atom. The maximum absolute atomic E-state index is 12.1. The number of carbonyl (C=O) groups excluding carboxylic acids is 1. The first-order valence-corrected chi connectivity index (χ1v) is 10.8. The van der Waals surface area contributed by atoms with Crippen LogP contribution >= 0.6 is 24.0 Å². The Hall–Kier alpha value is -1.78. The Bertz CT molecular complexity index is 710. The maximum atomic E-state index is 12.1. The van der Waals surface area contributed by atoms with Crippen molar-refractivity contribution in [1.29, 1.82) is 0 Å². The number of aromatic nitrogens is 1. The van der Waals surface area contributed by atoms with E-state index in [0.717, 1.165) is 31.0 Å². The summed E-state index contributed by atoms with van der Waals surface area (Å²) < 4.78 is 5.35. The molecule has 0 aromatic carbocycles. The molecule has 0 radical (unpaired) electrons. The minimum atomic E-state index is -0.525. The van der Waals surface area contributed by atoms with Crippen LogP contribution in [0.3, 0.4) is 0 Å². The molecule has 0 aliphatic carbocycles. The number of carbonyl (C=O) groups is 1. The van der Waals surface area contributed by atoms with Crippen molar-refractivity contribution < 1.29 is 9.53 Å². The summed E-state index contributed by atoms with van der Waals surface area (Å²) in [4.78, 5) is 23.6. The molecule has 3 N–H and O–H groups in total. The SMILES string of the molecule is CCNC(=NCc1ccc(N2CCCC2)nc1)NCC(C)(C)NC(=O)OC(C)(C)C.I. The van der Waals surface area contributed by atoms with Crippen molar-refractivity contribution in [3.05, 3.63) is 23.9 Å². The molecule has 1 saturated heterocycles. The summed E-state index contributed by atoms with van der Waals surface area (Å²) in [5, 5.41) is 9.43. The van der Waals surface area contributed by atoms with E-state index in [0.29, 0.717) is 19.0 Å². The second kappa shape index (κ2) is 12.3. The zero-order valence-electron chi connectivity index (χ0n) is 19.7. The van der Waals surface area contributed by atoms with Gasteiger partial charge in [-0.1, -0.05) is 6.07 Å². The molecule has 0 unspecified atom stereocenters. The molecule has 176 valence electrons. The Morgan fingerprint density at radius 3 is 2.39 bits per heavy atom. The van der Waals surface area contributed by atoms with Gasteiger partial charge in [0, 0.05) is 32.4 Å². The van der Waals surface area contributed by atoms with E-state index < -0.39 is 17.2 Å². The van der Waals surface area contributed by atoms with E-state index in [-0.39, 0.29) is 24.0 Å². The number of rotatable bonds is 7. The summed E-state index contributed by atoms with van der Waals surface area (Å²) >= 11 is 0. The maximum Gasteiger partial charge on any atom is 0.408 e. The van der Waals surface area contributed by atoms with Crippen LogP contribution < -0.4 is 20.9 Å². The van der Waals surface area contributed by atoms with Gasteiger partial charge in [0.05, 0.1) is 12.1 Å². The highest BCUT2D eigenvalue weighted by Crippen LogP contribution is 2.17. The number of anilines is 1.